The number of fused-ring (bicyclic) bond motifs is 5. The van der Waals surface area contributed by atoms with Crippen LogP contribution in [0.25, 0.3) is 38.4 Å². The molecular weight excluding hydrogens is 383 g/mol. The Bertz CT molecular complexity index is 1430. The summed E-state index contributed by atoms with van der Waals surface area (Å²) in [6, 6.07) is 23.5. The molecule has 0 saturated carbocycles. The van der Waals surface area contributed by atoms with Gasteiger partial charge in [0.05, 0.1) is 22.2 Å². The van der Waals surface area contributed by atoms with Gasteiger partial charge in [0.2, 0.25) is 0 Å². The Hall–Kier alpha value is -3.02. The number of para-hydroxylation sites is 1. The summed E-state index contributed by atoms with van der Waals surface area (Å²) in [5.41, 5.74) is 4.95. The number of benzene rings is 3. The molecule has 0 aliphatic carbocycles. The van der Waals surface area contributed by atoms with E-state index in [-0.39, 0.29) is 18.3 Å². The predicted molar refractivity (Wildman–Crippen MR) is 128 cm³/mol. The highest BCUT2D eigenvalue weighted by atomic mass is 16.7. The summed E-state index contributed by atoms with van der Waals surface area (Å²) in [7, 11) is -0.365. The van der Waals surface area contributed by atoms with E-state index in [0.29, 0.717) is 0 Å². The SMILES string of the molecule is CC1(C)OB(c2ccc3[nH]c4c(ccc5ccn(-c6ccccc6)c54)c3c2)OC1(C)C. The molecule has 0 bridgehead atoms. The second kappa shape index (κ2) is 6.25. The highest BCUT2D eigenvalue weighted by Gasteiger charge is 2.51. The van der Waals surface area contributed by atoms with Gasteiger partial charge in [0.25, 0.3) is 0 Å². The van der Waals surface area contributed by atoms with Crippen molar-refractivity contribution >= 4 is 45.3 Å². The van der Waals surface area contributed by atoms with Crippen LogP contribution in [0.2, 0.25) is 0 Å². The number of rotatable bonds is 2. The first kappa shape index (κ1) is 18.7. The van der Waals surface area contributed by atoms with E-state index in [1.807, 2.05) is 6.07 Å². The van der Waals surface area contributed by atoms with Crippen molar-refractivity contribution in [3.63, 3.8) is 0 Å². The maximum atomic E-state index is 6.29. The molecule has 3 heterocycles. The van der Waals surface area contributed by atoms with Crippen molar-refractivity contribution in [2.45, 2.75) is 38.9 Å². The van der Waals surface area contributed by atoms with E-state index in [1.54, 1.807) is 0 Å². The first-order valence-corrected chi connectivity index (χ1v) is 10.8. The summed E-state index contributed by atoms with van der Waals surface area (Å²) in [4.78, 5) is 3.67. The van der Waals surface area contributed by atoms with Gasteiger partial charge >= 0.3 is 7.12 Å². The second-order valence-electron chi connectivity index (χ2n) is 9.47. The lowest BCUT2D eigenvalue weighted by Crippen LogP contribution is -2.41. The third kappa shape index (κ3) is 2.70. The lowest BCUT2D eigenvalue weighted by atomic mass is 9.78. The number of hydrogen-bond acceptors (Lipinski definition) is 2. The fourth-order valence-corrected chi connectivity index (χ4v) is 4.54. The minimum Gasteiger partial charge on any atom is -0.399 e. The number of aromatic amines is 1. The van der Waals surface area contributed by atoms with E-state index in [2.05, 4.69) is 104 Å². The Morgan fingerprint density at radius 1 is 0.806 bits per heavy atom. The molecule has 5 heteroatoms. The molecule has 0 spiro atoms. The molecule has 1 aliphatic rings. The van der Waals surface area contributed by atoms with Crippen LogP contribution in [0.1, 0.15) is 27.7 Å². The summed E-state index contributed by atoms with van der Waals surface area (Å²) < 4.78 is 14.8. The Balaban J connectivity index is 1.54. The van der Waals surface area contributed by atoms with E-state index >= 15 is 0 Å². The monoisotopic (exact) mass is 408 g/mol. The van der Waals surface area contributed by atoms with Gasteiger partial charge in [0, 0.05) is 33.6 Å². The highest BCUT2D eigenvalue weighted by Crippen LogP contribution is 2.37. The van der Waals surface area contributed by atoms with Crippen LogP contribution in [0.5, 0.6) is 0 Å². The third-order valence-corrected chi connectivity index (χ3v) is 7.01. The van der Waals surface area contributed by atoms with Crippen LogP contribution in [0.4, 0.5) is 0 Å². The summed E-state index contributed by atoms with van der Waals surface area (Å²) in [5.74, 6) is 0. The molecule has 1 aliphatic heterocycles. The maximum absolute atomic E-state index is 6.29. The summed E-state index contributed by atoms with van der Waals surface area (Å²) in [6.45, 7) is 8.36. The van der Waals surface area contributed by atoms with Crippen molar-refractivity contribution in [1.29, 1.82) is 0 Å². The smallest absolute Gasteiger partial charge is 0.399 e. The van der Waals surface area contributed by atoms with Crippen LogP contribution in [0.15, 0.2) is 72.9 Å². The predicted octanol–water partition coefficient (Wildman–Crippen LogP) is 5.56. The fraction of sp³-hybridized carbons (Fsp3) is 0.231. The van der Waals surface area contributed by atoms with Gasteiger partial charge in [0.1, 0.15) is 0 Å². The van der Waals surface area contributed by atoms with Crippen molar-refractivity contribution in [2.24, 2.45) is 0 Å². The fourth-order valence-electron chi connectivity index (χ4n) is 4.54. The summed E-state index contributed by atoms with van der Waals surface area (Å²) >= 11 is 0. The molecule has 0 unspecified atom stereocenters. The molecule has 1 fully saturated rings. The third-order valence-electron chi connectivity index (χ3n) is 7.01. The molecule has 154 valence electrons. The van der Waals surface area contributed by atoms with Crippen LogP contribution in [-0.4, -0.2) is 27.9 Å². The Morgan fingerprint density at radius 2 is 1.55 bits per heavy atom. The summed E-state index contributed by atoms with van der Waals surface area (Å²) in [6.07, 6.45) is 2.14. The van der Waals surface area contributed by atoms with Crippen LogP contribution >= 0.6 is 0 Å². The maximum Gasteiger partial charge on any atom is 0.494 e. The van der Waals surface area contributed by atoms with Gasteiger partial charge in [-0.05, 0) is 57.4 Å². The van der Waals surface area contributed by atoms with E-state index in [1.165, 1.54) is 21.7 Å². The number of nitrogens with one attached hydrogen (secondary N) is 1. The first-order chi connectivity index (χ1) is 14.8. The minimum atomic E-state index is -0.365. The van der Waals surface area contributed by atoms with Crippen molar-refractivity contribution < 1.29 is 9.31 Å². The van der Waals surface area contributed by atoms with Crippen molar-refractivity contribution in [1.82, 2.24) is 9.55 Å². The van der Waals surface area contributed by atoms with Crippen LogP contribution in [0, 0.1) is 0 Å². The van der Waals surface area contributed by atoms with E-state index in [9.17, 15) is 0 Å². The molecule has 2 aromatic heterocycles. The van der Waals surface area contributed by atoms with Gasteiger partial charge in [0.15, 0.2) is 0 Å². The van der Waals surface area contributed by atoms with E-state index < -0.39 is 0 Å². The quantitative estimate of drug-likeness (QED) is 0.388. The minimum absolute atomic E-state index is 0.352. The van der Waals surface area contributed by atoms with Gasteiger partial charge in [-0.15, -0.1) is 0 Å². The zero-order valence-corrected chi connectivity index (χ0v) is 18.3. The van der Waals surface area contributed by atoms with Crippen LogP contribution < -0.4 is 5.46 Å². The van der Waals surface area contributed by atoms with Gasteiger partial charge in [-0.2, -0.15) is 0 Å². The van der Waals surface area contributed by atoms with E-state index in [0.717, 1.165) is 22.2 Å². The zero-order chi connectivity index (χ0) is 21.4. The van der Waals surface area contributed by atoms with Crippen molar-refractivity contribution in [3.05, 3.63) is 72.9 Å². The van der Waals surface area contributed by atoms with Gasteiger partial charge in [-0.1, -0.05) is 42.5 Å². The number of H-pyrrole nitrogens is 1. The zero-order valence-electron chi connectivity index (χ0n) is 18.3. The average molecular weight is 408 g/mol. The standard InChI is InChI=1S/C26H25BN2O2/c1-25(2)26(3,4)31-27(30-25)18-11-13-22-21(16-18)20-12-10-17-14-15-29(24(17)23(20)28-22)19-8-6-5-7-9-19/h5-16,28H,1-4H3. The van der Waals surface area contributed by atoms with Gasteiger partial charge in [-0.25, -0.2) is 0 Å². The van der Waals surface area contributed by atoms with Gasteiger partial charge in [-0.3, -0.25) is 0 Å². The average Bonchev–Trinajstić information content (AvgIpc) is 3.39. The molecule has 5 aromatic rings. The summed E-state index contributed by atoms with van der Waals surface area (Å²) in [5, 5.41) is 3.61. The molecule has 0 atom stereocenters. The number of nitrogens with zero attached hydrogens (tertiary/aromatic N) is 1. The van der Waals surface area contributed by atoms with Gasteiger partial charge < -0.3 is 18.9 Å². The second-order valence-corrected chi connectivity index (χ2v) is 9.47. The Morgan fingerprint density at radius 3 is 2.29 bits per heavy atom. The molecule has 0 radical (unpaired) electrons. The lowest BCUT2D eigenvalue weighted by Gasteiger charge is -2.32. The molecule has 3 aromatic carbocycles. The van der Waals surface area contributed by atoms with Crippen LogP contribution in [0.3, 0.4) is 0 Å². The molecule has 1 N–H and O–H groups in total. The largest absolute Gasteiger partial charge is 0.494 e. The Kier molecular flexibility index (Phi) is 3.78. The van der Waals surface area contributed by atoms with Crippen LogP contribution in [-0.2, 0) is 9.31 Å². The topological polar surface area (TPSA) is 39.2 Å². The molecule has 6 rings (SSSR count). The van der Waals surface area contributed by atoms with Crippen molar-refractivity contribution in [3.8, 4) is 5.69 Å². The number of aromatic nitrogens is 2. The van der Waals surface area contributed by atoms with Crippen molar-refractivity contribution in [2.75, 3.05) is 0 Å². The first-order valence-electron chi connectivity index (χ1n) is 10.8. The number of hydrogen-bond donors (Lipinski definition) is 1. The molecule has 1 saturated heterocycles. The lowest BCUT2D eigenvalue weighted by molar-refractivity contribution is 0.00578. The molecular formula is C26H25BN2O2. The molecule has 0 amide bonds. The normalized spacial score (nSPS) is 17.9. The highest BCUT2D eigenvalue weighted by molar-refractivity contribution is 6.62. The molecule has 31 heavy (non-hydrogen) atoms. The Labute approximate surface area is 181 Å². The van der Waals surface area contributed by atoms with E-state index in [4.69, 9.17) is 9.31 Å². The molecule has 4 nitrogen and oxygen atoms in total.